The van der Waals surface area contributed by atoms with Gasteiger partial charge in [0.25, 0.3) is 9.05 Å². The maximum Gasteiger partial charge on any atom is 0.335 e. The van der Waals surface area contributed by atoms with Crippen molar-refractivity contribution in [3.8, 4) is 5.75 Å². The topological polar surface area (TPSA) is 97.7 Å². The van der Waals surface area contributed by atoms with E-state index in [1.165, 1.54) is 12.1 Å². The minimum Gasteiger partial charge on any atom is -0.492 e. The van der Waals surface area contributed by atoms with Gasteiger partial charge in [0, 0.05) is 16.2 Å². The molecule has 26 heavy (non-hydrogen) atoms. The summed E-state index contributed by atoms with van der Waals surface area (Å²) in [4.78, 5) is 23.7. The summed E-state index contributed by atoms with van der Waals surface area (Å²) in [7, 11) is 1.08. The summed E-state index contributed by atoms with van der Waals surface area (Å²) in [5, 5.41) is 9.24. The van der Waals surface area contributed by atoms with Gasteiger partial charge in [0.15, 0.2) is 5.78 Å². The Morgan fingerprint density at radius 1 is 1.12 bits per heavy atom. The van der Waals surface area contributed by atoms with Gasteiger partial charge in [0.1, 0.15) is 5.75 Å². The Kier molecular flexibility index (Phi) is 6.05. The molecule has 0 spiro atoms. The first kappa shape index (κ1) is 19.9. The molecule has 0 unspecified atom stereocenters. The number of rotatable bonds is 7. The molecule has 0 saturated carbocycles. The van der Waals surface area contributed by atoms with Gasteiger partial charge in [-0.1, -0.05) is 44.2 Å². The number of carboxylic acids is 1. The number of carboxylic acid groups (broad SMARTS) is 1. The van der Waals surface area contributed by atoms with E-state index in [0.29, 0.717) is 0 Å². The molecule has 0 radical (unpaired) electrons. The highest BCUT2D eigenvalue weighted by molar-refractivity contribution is 8.13. The van der Waals surface area contributed by atoms with Crippen LogP contribution in [0.5, 0.6) is 5.75 Å². The van der Waals surface area contributed by atoms with Crippen molar-refractivity contribution in [3.05, 3.63) is 59.2 Å². The predicted octanol–water partition coefficient (Wildman–Crippen LogP) is 3.58. The van der Waals surface area contributed by atoms with Crippen LogP contribution in [0.15, 0.2) is 47.4 Å². The number of carbonyl (C=O) groups is 2. The third kappa shape index (κ3) is 4.62. The highest BCUT2D eigenvalue weighted by atomic mass is 35.7. The Morgan fingerprint density at radius 3 is 2.23 bits per heavy atom. The van der Waals surface area contributed by atoms with Crippen LogP contribution in [0.3, 0.4) is 0 Å². The largest absolute Gasteiger partial charge is 0.492 e. The molecule has 2 rings (SSSR count). The molecule has 0 bridgehead atoms. The third-order valence-electron chi connectivity index (χ3n) is 3.41. The molecule has 138 valence electrons. The number of hydrogen-bond donors (Lipinski definition) is 1. The van der Waals surface area contributed by atoms with Gasteiger partial charge >= 0.3 is 5.97 Å². The molecule has 1 N–H and O–H groups in total. The molecule has 6 nitrogen and oxygen atoms in total. The molecule has 0 aliphatic rings. The van der Waals surface area contributed by atoms with E-state index < -0.39 is 25.7 Å². The first-order valence-electron chi connectivity index (χ1n) is 7.69. The summed E-state index contributed by atoms with van der Waals surface area (Å²) < 4.78 is 29.6. The van der Waals surface area contributed by atoms with Crippen LogP contribution in [0.2, 0.25) is 0 Å². The van der Waals surface area contributed by atoms with Crippen LogP contribution in [-0.2, 0) is 9.05 Å². The van der Waals surface area contributed by atoms with E-state index in [1.54, 1.807) is 18.2 Å². The highest BCUT2D eigenvalue weighted by Crippen LogP contribution is 2.33. The van der Waals surface area contributed by atoms with Gasteiger partial charge in [-0.2, -0.15) is 0 Å². The van der Waals surface area contributed by atoms with Gasteiger partial charge in [-0.3, -0.25) is 4.79 Å². The third-order valence-corrected chi connectivity index (χ3v) is 4.76. The summed E-state index contributed by atoms with van der Waals surface area (Å²) in [5.74, 6) is -2.05. The van der Waals surface area contributed by atoms with Crippen LogP contribution in [0.1, 0.15) is 40.1 Å². The van der Waals surface area contributed by atoms with Gasteiger partial charge in [-0.05, 0) is 18.1 Å². The Hall–Kier alpha value is -2.38. The zero-order valence-electron chi connectivity index (χ0n) is 14.1. The molecule has 8 heteroatoms. The van der Waals surface area contributed by atoms with Crippen molar-refractivity contribution in [1.82, 2.24) is 0 Å². The predicted molar refractivity (Wildman–Crippen MR) is 96.6 cm³/mol. The molecule has 0 heterocycles. The standard InChI is InChI=1S/C18H17ClO6S/c1-11(2)10-25-14-8-13(18(21)22)9-15(26(19,23)24)16(14)17(20)12-6-4-3-5-7-12/h3-9,11H,10H2,1-2H3,(H,21,22). The maximum absolute atomic E-state index is 12.9. The van der Waals surface area contributed by atoms with Crippen LogP contribution < -0.4 is 4.74 Å². The highest BCUT2D eigenvalue weighted by Gasteiger charge is 2.28. The van der Waals surface area contributed by atoms with E-state index in [-0.39, 0.29) is 35.0 Å². The van der Waals surface area contributed by atoms with Crippen LogP contribution in [0.25, 0.3) is 0 Å². The van der Waals surface area contributed by atoms with Gasteiger partial charge in [0.05, 0.1) is 22.6 Å². The Bertz CT molecular complexity index is 936. The quantitative estimate of drug-likeness (QED) is 0.567. The van der Waals surface area contributed by atoms with Gasteiger partial charge in [-0.15, -0.1) is 0 Å². The number of halogens is 1. The Morgan fingerprint density at radius 2 is 1.73 bits per heavy atom. The first-order chi connectivity index (χ1) is 12.1. The molecule has 2 aromatic carbocycles. The number of aromatic carboxylic acids is 1. The lowest BCUT2D eigenvalue weighted by molar-refractivity contribution is 0.0695. The van der Waals surface area contributed by atoms with E-state index in [2.05, 4.69) is 0 Å². The molecule has 0 fully saturated rings. The van der Waals surface area contributed by atoms with Crippen molar-refractivity contribution in [1.29, 1.82) is 0 Å². The lowest BCUT2D eigenvalue weighted by Gasteiger charge is -2.16. The Labute approximate surface area is 155 Å². The van der Waals surface area contributed by atoms with Crippen LogP contribution in [0.4, 0.5) is 0 Å². The number of carbonyl (C=O) groups excluding carboxylic acids is 1. The van der Waals surface area contributed by atoms with E-state index in [1.807, 2.05) is 13.8 Å². The summed E-state index contributed by atoms with van der Waals surface area (Å²) in [6, 6.07) is 9.99. The normalized spacial score (nSPS) is 11.4. The summed E-state index contributed by atoms with van der Waals surface area (Å²) in [6.07, 6.45) is 0. The summed E-state index contributed by atoms with van der Waals surface area (Å²) >= 11 is 0. The zero-order valence-corrected chi connectivity index (χ0v) is 15.7. The Balaban J connectivity index is 2.76. The lowest BCUT2D eigenvalue weighted by atomic mass is 10.0. The lowest BCUT2D eigenvalue weighted by Crippen LogP contribution is -2.14. The molecular formula is C18H17ClO6S. The monoisotopic (exact) mass is 396 g/mol. The van der Waals surface area contributed by atoms with Crippen LogP contribution >= 0.6 is 10.7 Å². The fourth-order valence-corrected chi connectivity index (χ4v) is 3.30. The fraction of sp³-hybridized carbons (Fsp3) is 0.222. The average molecular weight is 397 g/mol. The SMILES string of the molecule is CC(C)COc1cc(C(=O)O)cc(S(=O)(=O)Cl)c1C(=O)c1ccccc1. The number of ether oxygens (including phenoxy) is 1. The van der Waals surface area contributed by atoms with Crippen molar-refractivity contribution in [2.45, 2.75) is 18.7 Å². The molecule has 2 aromatic rings. The summed E-state index contributed by atoms with van der Waals surface area (Å²) in [5.41, 5.74) is -0.393. The van der Waals surface area contributed by atoms with Crippen molar-refractivity contribution in [2.24, 2.45) is 5.92 Å². The van der Waals surface area contributed by atoms with E-state index >= 15 is 0 Å². The molecule has 0 atom stereocenters. The van der Waals surface area contributed by atoms with Gasteiger partial charge < -0.3 is 9.84 Å². The van der Waals surface area contributed by atoms with E-state index in [9.17, 15) is 23.1 Å². The van der Waals surface area contributed by atoms with Crippen molar-refractivity contribution < 1.29 is 27.9 Å². The smallest absolute Gasteiger partial charge is 0.335 e. The van der Waals surface area contributed by atoms with E-state index in [4.69, 9.17) is 15.4 Å². The molecule has 0 aliphatic carbocycles. The fourth-order valence-electron chi connectivity index (χ4n) is 2.23. The molecule has 0 saturated heterocycles. The zero-order chi connectivity index (χ0) is 19.5. The molecular weight excluding hydrogens is 380 g/mol. The minimum atomic E-state index is -4.40. The average Bonchev–Trinajstić information content (AvgIpc) is 2.58. The first-order valence-corrected chi connectivity index (χ1v) is 10.0. The van der Waals surface area contributed by atoms with Crippen molar-refractivity contribution in [3.63, 3.8) is 0 Å². The second kappa shape index (κ2) is 7.88. The van der Waals surface area contributed by atoms with Crippen molar-refractivity contribution in [2.75, 3.05) is 6.61 Å². The summed E-state index contributed by atoms with van der Waals surface area (Å²) in [6.45, 7) is 3.89. The van der Waals surface area contributed by atoms with Crippen LogP contribution in [0, 0.1) is 5.92 Å². The second-order valence-corrected chi connectivity index (χ2v) is 8.52. The van der Waals surface area contributed by atoms with Gasteiger partial charge in [-0.25, -0.2) is 13.2 Å². The number of hydrogen-bond acceptors (Lipinski definition) is 5. The van der Waals surface area contributed by atoms with Gasteiger partial charge in [0.2, 0.25) is 0 Å². The second-order valence-electron chi connectivity index (χ2n) is 5.99. The van der Waals surface area contributed by atoms with E-state index in [0.717, 1.165) is 12.1 Å². The van der Waals surface area contributed by atoms with Crippen LogP contribution in [-0.4, -0.2) is 31.9 Å². The molecule has 0 aromatic heterocycles. The van der Waals surface area contributed by atoms with Crippen molar-refractivity contribution >= 4 is 31.5 Å². The minimum absolute atomic E-state index is 0.0687. The number of ketones is 1. The number of benzene rings is 2. The molecule has 0 aliphatic heterocycles. The maximum atomic E-state index is 12.9. The molecule has 0 amide bonds.